The molecule has 0 saturated heterocycles. The van der Waals surface area contributed by atoms with Crippen LogP contribution in [0.3, 0.4) is 0 Å². The van der Waals surface area contributed by atoms with Gasteiger partial charge in [0.1, 0.15) is 0 Å². The van der Waals surface area contributed by atoms with Crippen molar-refractivity contribution in [3.8, 4) is 0 Å². The smallest absolute Gasteiger partial charge is 0.152 e. The zero-order valence-electron chi connectivity index (χ0n) is 12.4. The zero-order chi connectivity index (χ0) is 14.3. The summed E-state index contributed by atoms with van der Waals surface area (Å²) < 4.78 is 0. The molecule has 0 radical (unpaired) electrons. The third-order valence-corrected chi connectivity index (χ3v) is 2.58. The fourth-order valence-electron chi connectivity index (χ4n) is 1.70. The topological polar surface area (TPSA) is 49.3 Å². The first-order chi connectivity index (χ1) is 8.23. The quantitative estimate of drug-likeness (QED) is 0.540. The molecule has 0 aliphatic carbocycles. The highest BCUT2D eigenvalue weighted by atomic mass is 16.3. The summed E-state index contributed by atoms with van der Waals surface area (Å²) in [4.78, 5) is 12.1. The molecule has 0 heterocycles. The fraction of sp³-hybridized carbons (Fsp3) is 0.667. The highest BCUT2D eigenvalue weighted by Gasteiger charge is 2.21. The molecule has 0 saturated carbocycles. The predicted octanol–water partition coefficient (Wildman–Crippen LogP) is 3.38. The average molecular weight is 253 g/mol. The van der Waals surface area contributed by atoms with E-state index < -0.39 is 0 Å². The summed E-state index contributed by atoms with van der Waals surface area (Å²) >= 11 is 0. The van der Waals surface area contributed by atoms with Crippen molar-refractivity contribution in [1.29, 1.82) is 0 Å². The lowest BCUT2D eigenvalue weighted by atomic mass is 9.95. The minimum atomic E-state index is -0.145. The number of carbonyl (C=O) groups is 1. The molecule has 0 aromatic carbocycles. The van der Waals surface area contributed by atoms with Gasteiger partial charge in [-0.3, -0.25) is 4.79 Å². The number of hydrogen-bond donors (Lipinski definition) is 2. The summed E-state index contributed by atoms with van der Waals surface area (Å²) in [5.74, 6) is 0.545. The molecule has 0 spiro atoms. The Kier molecular flexibility index (Phi) is 7.60. The number of rotatable bonds is 7. The second-order valence-corrected chi connectivity index (χ2v) is 5.46. The van der Waals surface area contributed by atoms with Gasteiger partial charge in [-0.15, -0.1) is 0 Å². The van der Waals surface area contributed by atoms with Crippen LogP contribution in [0.5, 0.6) is 0 Å². The maximum absolute atomic E-state index is 12.1. The first kappa shape index (κ1) is 16.9. The lowest BCUT2D eigenvalue weighted by Gasteiger charge is -2.22. The van der Waals surface area contributed by atoms with E-state index in [2.05, 4.69) is 5.32 Å². The number of nitrogens with one attached hydrogen (secondary N) is 1. The Labute approximate surface area is 111 Å². The number of carbonyl (C=O) groups excluding carboxylic acids is 1. The van der Waals surface area contributed by atoms with Crippen molar-refractivity contribution in [2.24, 2.45) is 5.92 Å². The van der Waals surface area contributed by atoms with Crippen molar-refractivity contribution in [2.75, 3.05) is 0 Å². The minimum absolute atomic E-state index is 0.0316. The normalized spacial score (nSPS) is 15.3. The summed E-state index contributed by atoms with van der Waals surface area (Å²) in [6.07, 6.45) is 4.19. The molecule has 0 aromatic rings. The Bertz CT molecular complexity index is 323. The van der Waals surface area contributed by atoms with E-state index in [0.29, 0.717) is 6.42 Å². The minimum Gasteiger partial charge on any atom is -0.513 e. The van der Waals surface area contributed by atoms with Gasteiger partial charge in [0.05, 0.1) is 11.8 Å². The molecule has 0 amide bonds. The van der Waals surface area contributed by atoms with Crippen LogP contribution in [0.2, 0.25) is 0 Å². The fourth-order valence-corrected chi connectivity index (χ4v) is 1.70. The van der Waals surface area contributed by atoms with Gasteiger partial charge in [0.15, 0.2) is 5.78 Å². The van der Waals surface area contributed by atoms with Crippen LogP contribution in [0, 0.1) is 5.92 Å². The monoisotopic (exact) mass is 253 g/mol. The van der Waals surface area contributed by atoms with Crippen molar-refractivity contribution in [2.45, 2.75) is 60.0 Å². The maximum atomic E-state index is 12.1. The number of Topliss-reactive ketones (excluding diaryl/α,β-unsaturated/α-hetero) is 1. The Morgan fingerprint density at radius 1 is 1.17 bits per heavy atom. The van der Waals surface area contributed by atoms with E-state index in [1.54, 1.807) is 13.0 Å². The van der Waals surface area contributed by atoms with E-state index in [1.807, 2.05) is 40.7 Å². The Balaban J connectivity index is 4.74. The number of allylic oxidation sites excluding steroid dienone is 3. The van der Waals surface area contributed by atoms with Crippen LogP contribution in [0.15, 0.2) is 23.5 Å². The average Bonchev–Trinajstić information content (AvgIpc) is 2.23. The molecule has 0 aromatic heterocycles. The molecule has 0 aliphatic rings. The number of hydrogen-bond acceptors (Lipinski definition) is 3. The summed E-state index contributed by atoms with van der Waals surface area (Å²) in [5, 5.41) is 12.4. The van der Waals surface area contributed by atoms with Crippen molar-refractivity contribution in [3.05, 3.63) is 23.5 Å². The molecule has 18 heavy (non-hydrogen) atoms. The summed E-state index contributed by atoms with van der Waals surface area (Å²) in [6, 6.07) is 0.134. The van der Waals surface area contributed by atoms with Crippen LogP contribution in [0.4, 0.5) is 0 Å². The highest BCUT2D eigenvalue weighted by Crippen LogP contribution is 2.11. The SMILES string of the molecule is C/C(O)=C\C=C(/C)CC(NC(C)C)C(=O)C(C)C. The van der Waals surface area contributed by atoms with Gasteiger partial charge in [-0.25, -0.2) is 0 Å². The maximum Gasteiger partial charge on any atom is 0.152 e. The van der Waals surface area contributed by atoms with Crippen LogP contribution in [-0.4, -0.2) is 23.0 Å². The van der Waals surface area contributed by atoms with Crippen LogP contribution in [0.1, 0.15) is 48.0 Å². The standard InChI is InChI=1S/C15H27NO2/c1-10(2)15(18)14(16-11(3)4)9-12(5)7-8-13(6)17/h7-8,10-11,14,16-17H,9H2,1-6H3/b12-7+,13-8+. The Hall–Kier alpha value is -1.09. The molecule has 2 N–H and O–H groups in total. The lowest BCUT2D eigenvalue weighted by Crippen LogP contribution is -2.42. The molecule has 1 atom stereocenters. The Morgan fingerprint density at radius 2 is 1.72 bits per heavy atom. The van der Waals surface area contributed by atoms with E-state index in [4.69, 9.17) is 5.11 Å². The second-order valence-electron chi connectivity index (χ2n) is 5.46. The summed E-state index contributed by atoms with van der Waals surface area (Å²) in [6.45, 7) is 11.5. The van der Waals surface area contributed by atoms with Crippen molar-refractivity contribution in [1.82, 2.24) is 5.32 Å². The van der Waals surface area contributed by atoms with Gasteiger partial charge in [0.25, 0.3) is 0 Å². The van der Waals surface area contributed by atoms with Gasteiger partial charge in [-0.05, 0) is 26.3 Å². The van der Waals surface area contributed by atoms with E-state index in [-0.39, 0.29) is 29.5 Å². The van der Waals surface area contributed by atoms with Crippen LogP contribution < -0.4 is 5.32 Å². The summed E-state index contributed by atoms with van der Waals surface area (Å²) in [7, 11) is 0. The molecule has 0 aliphatic heterocycles. The molecular weight excluding hydrogens is 226 g/mol. The lowest BCUT2D eigenvalue weighted by molar-refractivity contribution is -0.124. The van der Waals surface area contributed by atoms with Crippen LogP contribution in [-0.2, 0) is 4.79 Å². The van der Waals surface area contributed by atoms with E-state index in [0.717, 1.165) is 5.57 Å². The zero-order valence-corrected chi connectivity index (χ0v) is 12.4. The van der Waals surface area contributed by atoms with Gasteiger partial charge < -0.3 is 10.4 Å². The number of aliphatic hydroxyl groups excluding tert-OH is 1. The largest absolute Gasteiger partial charge is 0.513 e. The summed E-state index contributed by atoms with van der Waals surface area (Å²) in [5.41, 5.74) is 1.08. The molecular formula is C15H27NO2. The first-order valence-electron chi connectivity index (χ1n) is 6.56. The molecule has 3 nitrogen and oxygen atoms in total. The van der Waals surface area contributed by atoms with Gasteiger partial charge in [0, 0.05) is 12.0 Å². The van der Waals surface area contributed by atoms with Crippen LogP contribution in [0.25, 0.3) is 0 Å². The van der Waals surface area contributed by atoms with Crippen molar-refractivity contribution >= 4 is 5.78 Å². The van der Waals surface area contributed by atoms with Gasteiger partial charge >= 0.3 is 0 Å². The van der Waals surface area contributed by atoms with Gasteiger partial charge in [-0.1, -0.05) is 39.3 Å². The first-order valence-corrected chi connectivity index (χ1v) is 6.56. The molecule has 1 unspecified atom stereocenters. The highest BCUT2D eigenvalue weighted by molar-refractivity contribution is 5.86. The third kappa shape index (κ3) is 7.28. The van der Waals surface area contributed by atoms with Crippen molar-refractivity contribution in [3.63, 3.8) is 0 Å². The van der Waals surface area contributed by atoms with Crippen molar-refractivity contribution < 1.29 is 9.90 Å². The Morgan fingerprint density at radius 3 is 2.11 bits per heavy atom. The number of aliphatic hydroxyl groups is 1. The van der Waals surface area contributed by atoms with Gasteiger partial charge in [0.2, 0.25) is 0 Å². The molecule has 0 rings (SSSR count). The second kappa shape index (κ2) is 8.09. The predicted molar refractivity (Wildman–Crippen MR) is 76.7 cm³/mol. The number of ketones is 1. The van der Waals surface area contributed by atoms with Crippen LogP contribution >= 0.6 is 0 Å². The van der Waals surface area contributed by atoms with E-state index in [9.17, 15) is 4.79 Å². The van der Waals surface area contributed by atoms with E-state index in [1.165, 1.54) is 0 Å². The molecule has 104 valence electrons. The molecule has 0 fully saturated rings. The van der Waals surface area contributed by atoms with E-state index >= 15 is 0 Å². The third-order valence-electron chi connectivity index (χ3n) is 2.58. The molecule has 3 heteroatoms. The van der Waals surface area contributed by atoms with Gasteiger partial charge in [-0.2, -0.15) is 0 Å². The molecule has 0 bridgehead atoms.